The molecule has 0 saturated heterocycles. The minimum Gasteiger partial charge on any atom is -0.0654 e. The van der Waals surface area contributed by atoms with Crippen LogP contribution in [0.3, 0.4) is 0 Å². The molecule has 0 N–H and O–H groups in total. The van der Waals surface area contributed by atoms with Gasteiger partial charge in [0.05, 0.1) is 0 Å². The molecule has 0 atom stereocenters. The first kappa shape index (κ1) is 20.1. The van der Waals surface area contributed by atoms with Gasteiger partial charge in [0.2, 0.25) is 0 Å². The molecule has 5 aromatic rings. The Morgan fingerprint density at radius 1 is 0.452 bits per heavy atom. The summed E-state index contributed by atoms with van der Waals surface area (Å²) in [5.41, 5.74) is 1.51. The maximum Gasteiger partial charge on any atom is -0.00988 e. The van der Waals surface area contributed by atoms with Gasteiger partial charge in [-0.3, -0.25) is 0 Å². The number of fused-ring (bicyclic) bond motifs is 5. The van der Waals surface area contributed by atoms with Crippen LogP contribution in [0, 0.1) is 0 Å². The molecule has 0 aliphatic rings. The van der Waals surface area contributed by atoms with Crippen molar-refractivity contribution in [2.75, 3.05) is 0 Å². The summed E-state index contributed by atoms with van der Waals surface area (Å²) in [5, 5.41) is 10.8. The van der Waals surface area contributed by atoms with Crippen LogP contribution in [-0.4, -0.2) is 0 Å². The van der Waals surface area contributed by atoms with Crippen LogP contribution in [0.25, 0.3) is 43.1 Å². The number of hydrogen-bond acceptors (Lipinski definition) is 0. The molecule has 0 nitrogen and oxygen atoms in total. The van der Waals surface area contributed by atoms with Crippen LogP contribution in [0.15, 0.2) is 78.9 Å². The minimum atomic E-state index is 1.19. The van der Waals surface area contributed by atoms with Crippen molar-refractivity contribution in [1.29, 1.82) is 0 Å². The fraction of sp³-hybridized carbons (Fsp3) is 0.290. The number of aryl methyl sites for hydroxylation is 1. The third-order valence-electron chi connectivity index (χ3n) is 6.84. The smallest absolute Gasteiger partial charge is 0.00988 e. The predicted molar refractivity (Wildman–Crippen MR) is 138 cm³/mol. The Balaban J connectivity index is 1.47. The summed E-state index contributed by atoms with van der Waals surface area (Å²) in [6.07, 6.45) is 10.7. The molecule has 0 aliphatic heterocycles. The zero-order valence-electron chi connectivity index (χ0n) is 18.7. The molecule has 0 heterocycles. The normalized spacial score (nSPS) is 11.8. The first-order valence-electron chi connectivity index (χ1n) is 12.1. The maximum atomic E-state index is 2.43. The van der Waals surface area contributed by atoms with Crippen molar-refractivity contribution in [1.82, 2.24) is 0 Å². The fourth-order valence-corrected chi connectivity index (χ4v) is 5.08. The van der Waals surface area contributed by atoms with E-state index in [1.54, 1.807) is 0 Å². The lowest BCUT2D eigenvalue weighted by Crippen LogP contribution is -1.89. The summed E-state index contributed by atoms with van der Waals surface area (Å²) >= 11 is 0. The van der Waals surface area contributed by atoms with Gasteiger partial charge in [0.1, 0.15) is 0 Å². The average molecular weight is 405 g/mol. The molecule has 0 amide bonds. The molecule has 5 rings (SSSR count). The highest BCUT2D eigenvalue weighted by atomic mass is 14.1. The third-order valence-corrected chi connectivity index (χ3v) is 6.84. The number of hydrogen-bond donors (Lipinski definition) is 0. The molecule has 0 aliphatic carbocycles. The lowest BCUT2D eigenvalue weighted by Gasteiger charge is -2.11. The maximum absolute atomic E-state index is 2.43. The van der Waals surface area contributed by atoms with E-state index < -0.39 is 0 Å². The molecule has 0 bridgehead atoms. The number of unbranched alkanes of at least 4 members (excludes halogenated alkanes) is 6. The quantitative estimate of drug-likeness (QED) is 0.137. The van der Waals surface area contributed by atoms with Gasteiger partial charge in [-0.05, 0) is 85.8 Å². The van der Waals surface area contributed by atoms with E-state index in [2.05, 4.69) is 85.8 Å². The van der Waals surface area contributed by atoms with Crippen molar-refractivity contribution in [3.8, 4) is 0 Å². The van der Waals surface area contributed by atoms with Crippen LogP contribution in [0.1, 0.15) is 57.4 Å². The summed E-state index contributed by atoms with van der Waals surface area (Å²) in [4.78, 5) is 0. The molecule has 0 saturated carbocycles. The molecular weight excluding hydrogens is 372 g/mol. The largest absolute Gasteiger partial charge is 0.0654 e. The van der Waals surface area contributed by atoms with Gasteiger partial charge in [0, 0.05) is 0 Å². The Kier molecular flexibility index (Phi) is 5.89. The standard InChI is InChI=1S/C31H32/c1-2-3-4-5-6-7-8-12-23-15-11-16-26-22-31-28(21-29(23)26)18-17-27-19-24-13-9-10-14-25(24)20-30(27)31/h9-11,13-22H,2-8,12H2,1H3. The summed E-state index contributed by atoms with van der Waals surface area (Å²) in [5.74, 6) is 0. The zero-order chi connectivity index (χ0) is 21.0. The van der Waals surface area contributed by atoms with Crippen molar-refractivity contribution in [2.45, 2.75) is 58.3 Å². The molecule has 31 heavy (non-hydrogen) atoms. The van der Waals surface area contributed by atoms with Crippen LogP contribution in [0.2, 0.25) is 0 Å². The van der Waals surface area contributed by atoms with Gasteiger partial charge >= 0.3 is 0 Å². The number of rotatable bonds is 8. The summed E-state index contributed by atoms with van der Waals surface area (Å²) < 4.78 is 0. The monoisotopic (exact) mass is 404 g/mol. The van der Waals surface area contributed by atoms with Crippen molar-refractivity contribution in [3.63, 3.8) is 0 Å². The van der Waals surface area contributed by atoms with E-state index in [0.29, 0.717) is 0 Å². The van der Waals surface area contributed by atoms with Gasteiger partial charge in [-0.15, -0.1) is 0 Å². The van der Waals surface area contributed by atoms with Crippen LogP contribution >= 0.6 is 0 Å². The van der Waals surface area contributed by atoms with E-state index in [1.807, 2.05) is 0 Å². The Morgan fingerprint density at radius 3 is 1.77 bits per heavy atom. The zero-order valence-corrected chi connectivity index (χ0v) is 18.7. The average Bonchev–Trinajstić information content (AvgIpc) is 2.81. The molecule has 0 radical (unpaired) electrons. The molecular formula is C31H32. The van der Waals surface area contributed by atoms with E-state index in [0.717, 1.165) is 0 Å². The second kappa shape index (κ2) is 9.10. The Morgan fingerprint density at radius 2 is 1.00 bits per heavy atom. The SMILES string of the molecule is CCCCCCCCCc1cccc2cc3c(ccc4cc5ccccc5cc43)cc12. The van der Waals surface area contributed by atoms with Crippen molar-refractivity contribution >= 4 is 43.1 Å². The van der Waals surface area contributed by atoms with Gasteiger partial charge in [-0.1, -0.05) is 100 Å². The lowest BCUT2D eigenvalue weighted by atomic mass is 9.93. The summed E-state index contributed by atoms with van der Waals surface area (Å²) in [6, 6.07) is 29.6. The molecule has 0 unspecified atom stereocenters. The van der Waals surface area contributed by atoms with Crippen molar-refractivity contribution in [3.05, 3.63) is 84.4 Å². The lowest BCUT2D eigenvalue weighted by molar-refractivity contribution is 0.590. The van der Waals surface area contributed by atoms with Gasteiger partial charge in [-0.25, -0.2) is 0 Å². The minimum absolute atomic E-state index is 1.19. The summed E-state index contributed by atoms with van der Waals surface area (Å²) in [6.45, 7) is 2.29. The Labute approximate surface area is 185 Å². The van der Waals surface area contributed by atoms with Crippen LogP contribution < -0.4 is 0 Å². The fourth-order valence-electron chi connectivity index (χ4n) is 5.08. The second-order valence-electron chi connectivity index (χ2n) is 9.07. The van der Waals surface area contributed by atoms with E-state index in [1.165, 1.54) is 100 Å². The Bertz CT molecular complexity index is 1340. The van der Waals surface area contributed by atoms with Gasteiger partial charge < -0.3 is 0 Å². The molecule has 156 valence electrons. The predicted octanol–water partition coefficient (Wildman–Crippen LogP) is 9.59. The molecule has 0 fully saturated rings. The third kappa shape index (κ3) is 4.17. The molecule has 0 heteroatoms. The van der Waals surface area contributed by atoms with E-state index in [9.17, 15) is 0 Å². The first-order chi connectivity index (χ1) is 15.3. The van der Waals surface area contributed by atoms with Gasteiger partial charge in [0.25, 0.3) is 0 Å². The molecule has 0 aromatic heterocycles. The van der Waals surface area contributed by atoms with E-state index in [4.69, 9.17) is 0 Å². The van der Waals surface area contributed by atoms with Crippen LogP contribution in [0.5, 0.6) is 0 Å². The van der Waals surface area contributed by atoms with E-state index in [-0.39, 0.29) is 0 Å². The topological polar surface area (TPSA) is 0 Å². The van der Waals surface area contributed by atoms with E-state index >= 15 is 0 Å². The molecule has 5 aromatic carbocycles. The van der Waals surface area contributed by atoms with Crippen LogP contribution in [-0.2, 0) is 6.42 Å². The highest BCUT2D eigenvalue weighted by Crippen LogP contribution is 2.33. The highest BCUT2D eigenvalue weighted by molar-refractivity contribution is 6.15. The van der Waals surface area contributed by atoms with Gasteiger partial charge in [0.15, 0.2) is 0 Å². The Hall–Kier alpha value is -2.86. The van der Waals surface area contributed by atoms with Crippen molar-refractivity contribution < 1.29 is 0 Å². The second-order valence-corrected chi connectivity index (χ2v) is 9.07. The van der Waals surface area contributed by atoms with Gasteiger partial charge in [-0.2, -0.15) is 0 Å². The summed E-state index contributed by atoms with van der Waals surface area (Å²) in [7, 11) is 0. The first-order valence-corrected chi connectivity index (χ1v) is 12.1. The highest BCUT2D eigenvalue weighted by Gasteiger charge is 2.07. The van der Waals surface area contributed by atoms with Crippen LogP contribution in [0.4, 0.5) is 0 Å². The number of benzene rings is 5. The molecule has 0 spiro atoms. The van der Waals surface area contributed by atoms with Crippen molar-refractivity contribution in [2.24, 2.45) is 0 Å².